The summed E-state index contributed by atoms with van der Waals surface area (Å²) in [7, 11) is 0. The summed E-state index contributed by atoms with van der Waals surface area (Å²) in [6.45, 7) is 0.672. The first-order valence-corrected chi connectivity index (χ1v) is 1.76. The Morgan fingerprint density at radius 2 is 3.00 bits per heavy atom. The molecule has 0 bridgehead atoms. The second kappa shape index (κ2) is 2.72. The number of allylic oxidation sites excluding steroid dienone is 1. The summed E-state index contributed by atoms with van der Waals surface area (Å²) in [5.74, 6) is -0.403. The van der Waals surface area contributed by atoms with Crippen molar-refractivity contribution >= 4 is 12.6 Å². The maximum absolute atomic E-state index is 8.48. The van der Waals surface area contributed by atoms with Gasteiger partial charge in [-0.1, -0.05) is 19.2 Å². The predicted octanol–water partition coefficient (Wildman–Crippen LogP) is 1.77. The molecular formula is C4H5OS. The molecule has 33 valence electrons. The zero-order valence-electron chi connectivity index (χ0n) is 5.01. The van der Waals surface area contributed by atoms with E-state index in [2.05, 4.69) is 12.6 Å². The van der Waals surface area contributed by atoms with Crippen LogP contribution in [0.25, 0.3) is 0 Å². The molecular weight excluding hydrogens is 96.1 g/mol. The van der Waals surface area contributed by atoms with Gasteiger partial charge in [0.05, 0.1) is 2.74 Å². The first kappa shape index (κ1) is 2.64. The van der Waals surface area contributed by atoms with Gasteiger partial charge in [-0.15, -0.1) is 0 Å². The maximum Gasteiger partial charge on any atom is 0.109 e. The third-order valence-corrected chi connectivity index (χ3v) is 0.325. The lowest BCUT2D eigenvalue weighted by Crippen LogP contribution is -1.61. The van der Waals surface area contributed by atoms with Crippen molar-refractivity contribution in [3.8, 4) is 0 Å². The molecule has 0 aliphatic heterocycles. The van der Waals surface area contributed by atoms with Crippen molar-refractivity contribution in [2.24, 2.45) is 0 Å². The summed E-state index contributed by atoms with van der Waals surface area (Å²) in [5.41, 5.74) is 0. The largest absolute Gasteiger partial charge is 0.509 e. The summed E-state index contributed by atoms with van der Waals surface area (Å²) >= 11 is 4.28. The van der Waals surface area contributed by atoms with Gasteiger partial charge in [0.25, 0.3) is 0 Å². The van der Waals surface area contributed by atoms with E-state index in [-0.39, 0.29) is 6.05 Å². The third-order valence-electron chi connectivity index (χ3n) is 0.207. The van der Waals surface area contributed by atoms with Crippen LogP contribution in [0.5, 0.6) is 0 Å². The number of hydrogen-bond donors (Lipinski definition) is 1. The van der Waals surface area contributed by atoms with Crippen molar-refractivity contribution in [1.29, 1.82) is 0 Å². The molecule has 0 amide bonds. The Hall–Kier alpha value is -0.500. The molecule has 1 radical (unpaired) electrons. The molecule has 2 heteroatoms. The van der Waals surface area contributed by atoms with E-state index < -0.39 is 5.76 Å². The van der Waals surface area contributed by atoms with E-state index in [4.69, 9.17) is 7.85 Å². The van der Waals surface area contributed by atoms with Crippen molar-refractivity contribution in [2.45, 2.75) is 0 Å². The summed E-state index contributed by atoms with van der Waals surface area (Å²) in [6.07, 6.45) is 0. The van der Waals surface area contributed by atoms with Crippen LogP contribution in [0.3, 0.4) is 0 Å². The van der Waals surface area contributed by atoms with Gasteiger partial charge < -0.3 is 5.11 Å². The van der Waals surface area contributed by atoms with Gasteiger partial charge in [-0.05, 0) is 6.05 Å². The lowest BCUT2D eigenvalue weighted by molar-refractivity contribution is 0.435. The van der Waals surface area contributed by atoms with Crippen LogP contribution in [-0.2, 0) is 0 Å². The van der Waals surface area contributed by atoms with E-state index in [0.717, 1.165) is 5.41 Å². The molecule has 0 aromatic rings. The number of aliphatic hydroxyl groups is 1. The molecule has 1 nitrogen and oxygen atoms in total. The lowest BCUT2D eigenvalue weighted by Gasteiger charge is -1.75. The van der Waals surface area contributed by atoms with Crippen LogP contribution in [0, 0.1) is 0 Å². The quantitative estimate of drug-likeness (QED) is 0.396. The SMILES string of the molecule is [2H]C=C(O)/C([2H])=C/[S]. The molecule has 6 heavy (non-hydrogen) atoms. The normalized spacial score (nSPS) is 19.3. The van der Waals surface area contributed by atoms with Gasteiger partial charge in [0.1, 0.15) is 5.76 Å². The van der Waals surface area contributed by atoms with Crippen molar-refractivity contribution in [3.05, 3.63) is 23.8 Å². The molecule has 0 saturated heterocycles. The fourth-order valence-electron chi connectivity index (χ4n) is 0.0604. The standard InChI is InChI=1S/C4H5OS/c1-4(5)2-3-6/h2-3,5H,1H2/b3-2+/i1D,2D/b3-2+,4-1?. The van der Waals surface area contributed by atoms with E-state index in [1.807, 2.05) is 0 Å². The zero-order chi connectivity index (χ0) is 6.57. The molecule has 0 spiro atoms. The fraction of sp³-hybridized carbons (Fsp3) is 0. The Morgan fingerprint density at radius 1 is 2.33 bits per heavy atom. The minimum Gasteiger partial charge on any atom is -0.509 e. The van der Waals surface area contributed by atoms with E-state index in [1.54, 1.807) is 0 Å². The molecule has 0 rings (SSSR count). The second-order valence-electron chi connectivity index (χ2n) is 0.647. The van der Waals surface area contributed by atoms with Gasteiger partial charge in [-0.2, -0.15) is 0 Å². The molecule has 1 N–H and O–H groups in total. The van der Waals surface area contributed by atoms with Crippen LogP contribution in [0.1, 0.15) is 2.74 Å². The van der Waals surface area contributed by atoms with Crippen LogP contribution in [0.2, 0.25) is 0 Å². The molecule has 0 fully saturated rings. The van der Waals surface area contributed by atoms with E-state index in [9.17, 15) is 0 Å². The minimum atomic E-state index is -0.403. The Labute approximate surface area is 45.2 Å². The fourth-order valence-corrected chi connectivity index (χ4v) is 0.181. The monoisotopic (exact) mass is 103 g/mol. The highest BCUT2D eigenvalue weighted by Crippen LogP contribution is 1.84. The van der Waals surface area contributed by atoms with Gasteiger partial charge in [-0.25, -0.2) is 0 Å². The zero-order valence-corrected chi connectivity index (χ0v) is 3.83. The van der Waals surface area contributed by atoms with Gasteiger partial charge in [0.15, 0.2) is 0 Å². The summed E-state index contributed by atoms with van der Waals surface area (Å²) < 4.78 is 13.2. The summed E-state index contributed by atoms with van der Waals surface area (Å²) in [5, 5.41) is 9.48. The summed E-state index contributed by atoms with van der Waals surface area (Å²) in [4.78, 5) is 0. The van der Waals surface area contributed by atoms with Crippen LogP contribution in [0.4, 0.5) is 0 Å². The molecule has 0 aliphatic carbocycles. The highest BCUT2D eigenvalue weighted by Gasteiger charge is 1.67. The highest BCUT2D eigenvalue weighted by atomic mass is 32.1. The first-order valence-electron chi connectivity index (χ1n) is 2.36. The first-order chi connectivity index (χ1) is 3.72. The lowest BCUT2D eigenvalue weighted by atomic mass is 10.6. The van der Waals surface area contributed by atoms with E-state index in [1.165, 1.54) is 0 Å². The van der Waals surface area contributed by atoms with Gasteiger partial charge in [0.2, 0.25) is 0 Å². The number of rotatable bonds is 1. The van der Waals surface area contributed by atoms with Crippen LogP contribution in [0.15, 0.2) is 23.8 Å². The van der Waals surface area contributed by atoms with Crippen molar-refractivity contribution in [2.75, 3.05) is 0 Å². The van der Waals surface area contributed by atoms with E-state index in [0.29, 0.717) is 6.55 Å². The van der Waals surface area contributed by atoms with Crippen LogP contribution < -0.4 is 0 Å². The Bertz CT molecular complexity index is 114. The van der Waals surface area contributed by atoms with Crippen molar-refractivity contribution < 1.29 is 7.85 Å². The minimum absolute atomic E-state index is 0.199. The molecule has 0 aliphatic rings. The Morgan fingerprint density at radius 3 is 3.17 bits per heavy atom. The third kappa shape index (κ3) is 3.50. The van der Waals surface area contributed by atoms with Crippen molar-refractivity contribution in [1.82, 2.24) is 0 Å². The van der Waals surface area contributed by atoms with Gasteiger partial charge in [0, 0.05) is 5.41 Å². The maximum atomic E-state index is 8.48. The van der Waals surface area contributed by atoms with Crippen LogP contribution in [-0.4, -0.2) is 5.11 Å². The smallest absolute Gasteiger partial charge is 0.109 e. The molecule has 0 atom stereocenters. The highest BCUT2D eigenvalue weighted by molar-refractivity contribution is 7.83. The number of hydrogen-bond acceptors (Lipinski definition) is 1. The average molecular weight is 103 g/mol. The molecule has 0 heterocycles. The predicted molar refractivity (Wildman–Crippen MR) is 28.5 cm³/mol. The number of aliphatic hydroxyl groups excluding tert-OH is 1. The molecule has 0 aromatic heterocycles. The molecule has 0 aromatic carbocycles. The average Bonchev–Trinajstić information content (AvgIpc) is 1.84. The second-order valence-corrected chi connectivity index (χ2v) is 0.883. The van der Waals surface area contributed by atoms with Crippen LogP contribution >= 0.6 is 12.6 Å². The van der Waals surface area contributed by atoms with E-state index >= 15 is 0 Å². The molecule has 0 unspecified atom stereocenters. The Balaban J connectivity index is 4.04. The molecule has 0 saturated carbocycles. The van der Waals surface area contributed by atoms with Crippen molar-refractivity contribution in [3.63, 3.8) is 0 Å². The van der Waals surface area contributed by atoms with Gasteiger partial charge >= 0.3 is 0 Å². The Kier molecular flexibility index (Phi) is 1.20. The summed E-state index contributed by atoms with van der Waals surface area (Å²) in [6, 6.07) is -0.199. The topological polar surface area (TPSA) is 20.2 Å². The van der Waals surface area contributed by atoms with Gasteiger partial charge in [-0.3, -0.25) is 0 Å².